The van der Waals surface area contributed by atoms with Crippen molar-refractivity contribution in [2.45, 2.75) is 0 Å². The van der Waals surface area contributed by atoms with Gasteiger partial charge in [-0.3, -0.25) is 0 Å². The molecule has 0 fully saturated rings. The summed E-state index contributed by atoms with van der Waals surface area (Å²) in [7, 11) is 0. The van der Waals surface area contributed by atoms with E-state index in [1.165, 1.54) is 0 Å². The maximum absolute atomic E-state index is 8.47. The molecule has 11 heavy (non-hydrogen) atoms. The van der Waals surface area contributed by atoms with Gasteiger partial charge >= 0.3 is 0 Å². The number of rotatable bonds is 3. The van der Waals surface area contributed by atoms with Gasteiger partial charge in [-0.2, -0.15) is 0 Å². The molecule has 1 aromatic rings. The average molecular weight is 172 g/mol. The molecule has 0 aliphatic carbocycles. The van der Waals surface area contributed by atoms with Crippen LogP contribution < -0.4 is 5.32 Å². The van der Waals surface area contributed by atoms with Crippen LogP contribution in [0.2, 0.25) is 5.02 Å². The number of aromatic nitrogens is 1. The van der Waals surface area contributed by atoms with Gasteiger partial charge in [0.2, 0.25) is 0 Å². The third kappa shape index (κ3) is 2.37. The van der Waals surface area contributed by atoms with E-state index in [0.29, 0.717) is 17.4 Å². The minimum atomic E-state index is 0.0624. The topological polar surface area (TPSA) is 45.1 Å². The first-order valence-corrected chi connectivity index (χ1v) is 3.59. The van der Waals surface area contributed by atoms with Crippen LogP contribution in [0, 0.1) is 6.07 Å². The molecular weight excluding hydrogens is 164 g/mol. The number of halogens is 1. The standard InChI is InChI=1S/C7H8ClN2O/c8-6-2-1-3-9-7(6)10-4-5-11/h1,3,11H,4-5H2,(H,9,10). The summed E-state index contributed by atoms with van der Waals surface area (Å²) in [4.78, 5) is 3.93. The van der Waals surface area contributed by atoms with E-state index in [2.05, 4.69) is 16.4 Å². The SMILES string of the molecule is OCCNc1ncc[c]c1Cl. The van der Waals surface area contributed by atoms with E-state index in [-0.39, 0.29) is 6.61 Å². The lowest BCUT2D eigenvalue weighted by atomic mass is 10.4. The zero-order chi connectivity index (χ0) is 8.10. The molecule has 1 heterocycles. The lowest BCUT2D eigenvalue weighted by Gasteiger charge is -2.03. The van der Waals surface area contributed by atoms with Crippen LogP contribution in [-0.2, 0) is 0 Å². The molecular formula is C7H8ClN2O. The molecule has 59 valence electrons. The highest BCUT2D eigenvalue weighted by Crippen LogP contribution is 2.15. The van der Waals surface area contributed by atoms with E-state index >= 15 is 0 Å². The summed E-state index contributed by atoms with van der Waals surface area (Å²) in [5.74, 6) is 0.559. The van der Waals surface area contributed by atoms with E-state index in [1.807, 2.05) is 0 Å². The Bertz CT molecular complexity index is 229. The number of aliphatic hydroxyl groups is 1. The van der Waals surface area contributed by atoms with Crippen LogP contribution in [0.15, 0.2) is 12.3 Å². The Morgan fingerprint density at radius 2 is 2.55 bits per heavy atom. The Kier molecular flexibility index (Phi) is 3.14. The molecule has 3 nitrogen and oxygen atoms in total. The second kappa shape index (κ2) is 4.16. The first-order chi connectivity index (χ1) is 5.34. The highest BCUT2D eigenvalue weighted by atomic mass is 35.5. The summed E-state index contributed by atoms with van der Waals surface area (Å²) in [5, 5.41) is 11.8. The molecule has 0 saturated carbocycles. The number of hydrogen-bond acceptors (Lipinski definition) is 3. The maximum Gasteiger partial charge on any atom is 0.145 e. The fraction of sp³-hybridized carbons (Fsp3) is 0.286. The van der Waals surface area contributed by atoms with Gasteiger partial charge in [0.1, 0.15) is 5.82 Å². The fourth-order valence-corrected chi connectivity index (χ4v) is 0.823. The quantitative estimate of drug-likeness (QED) is 0.712. The van der Waals surface area contributed by atoms with Crippen molar-refractivity contribution in [2.24, 2.45) is 0 Å². The van der Waals surface area contributed by atoms with Gasteiger partial charge in [0.25, 0.3) is 0 Å². The molecule has 0 bridgehead atoms. The van der Waals surface area contributed by atoms with Gasteiger partial charge in [-0.05, 0) is 6.07 Å². The summed E-state index contributed by atoms with van der Waals surface area (Å²) < 4.78 is 0. The predicted octanol–water partition coefficient (Wildman–Crippen LogP) is 0.939. The van der Waals surface area contributed by atoms with Crippen molar-refractivity contribution in [3.05, 3.63) is 23.4 Å². The summed E-state index contributed by atoms with van der Waals surface area (Å²) in [6.07, 6.45) is 1.59. The molecule has 0 unspecified atom stereocenters. The van der Waals surface area contributed by atoms with Crippen molar-refractivity contribution in [2.75, 3.05) is 18.5 Å². The van der Waals surface area contributed by atoms with Crippen molar-refractivity contribution < 1.29 is 5.11 Å². The minimum absolute atomic E-state index is 0.0624. The molecule has 0 spiro atoms. The Labute approximate surface area is 70.0 Å². The zero-order valence-electron chi connectivity index (χ0n) is 5.84. The lowest BCUT2D eigenvalue weighted by Crippen LogP contribution is -2.06. The third-order valence-electron chi connectivity index (χ3n) is 1.10. The molecule has 0 amide bonds. The highest BCUT2D eigenvalue weighted by Gasteiger charge is 1.97. The molecule has 0 atom stereocenters. The highest BCUT2D eigenvalue weighted by molar-refractivity contribution is 6.32. The van der Waals surface area contributed by atoms with E-state index in [4.69, 9.17) is 16.7 Å². The van der Waals surface area contributed by atoms with Crippen molar-refractivity contribution in [3.8, 4) is 0 Å². The van der Waals surface area contributed by atoms with Crippen molar-refractivity contribution in [3.63, 3.8) is 0 Å². The van der Waals surface area contributed by atoms with Gasteiger partial charge < -0.3 is 10.4 Å². The van der Waals surface area contributed by atoms with Gasteiger partial charge in [-0.25, -0.2) is 4.98 Å². The van der Waals surface area contributed by atoms with E-state index in [0.717, 1.165) is 0 Å². The maximum atomic E-state index is 8.47. The lowest BCUT2D eigenvalue weighted by molar-refractivity contribution is 0.311. The van der Waals surface area contributed by atoms with E-state index < -0.39 is 0 Å². The number of anilines is 1. The molecule has 0 aliphatic rings. The van der Waals surface area contributed by atoms with Crippen LogP contribution in [-0.4, -0.2) is 23.2 Å². The molecule has 0 aromatic carbocycles. The molecule has 4 heteroatoms. The predicted molar refractivity (Wildman–Crippen MR) is 43.7 cm³/mol. The smallest absolute Gasteiger partial charge is 0.145 e. The van der Waals surface area contributed by atoms with Gasteiger partial charge in [-0.15, -0.1) is 0 Å². The Hall–Kier alpha value is -0.800. The van der Waals surface area contributed by atoms with Gasteiger partial charge in [0, 0.05) is 18.8 Å². The van der Waals surface area contributed by atoms with Crippen LogP contribution in [0.1, 0.15) is 0 Å². The summed E-state index contributed by atoms with van der Waals surface area (Å²) in [5.41, 5.74) is 0. The first-order valence-electron chi connectivity index (χ1n) is 3.21. The van der Waals surface area contributed by atoms with Crippen molar-refractivity contribution >= 4 is 17.4 Å². The normalized spacial score (nSPS) is 9.64. The van der Waals surface area contributed by atoms with Crippen LogP contribution in [0.5, 0.6) is 0 Å². The number of aliphatic hydroxyl groups excluding tert-OH is 1. The van der Waals surface area contributed by atoms with E-state index in [9.17, 15) is 0 Å². The Balaban J connectivity index is 2.62. The summed E-state index contributed by atoms with van der Waals surface area (Å²) in [6.45, 7) is 0.511. The molecule has 1 aromatic heterocycles. The summed E-state index contributed by atoms with van der Waals surface area (Å²) in [6, 6.07) is 4.40. The molecule has 1 radical (unpaired) electrons. The average Bonchev–Trinajstić information content (AvgIpc) is 2.03. The second-order valence-electron chi connectivity index (χ2n) is 1.90. The largest absolute Gasteiger partial charge is 0.395 e. The third-order valence-corrected chi connectivity index (χ3v) is 1.39. The monoisotopic (exact) mass is 171 g/mol. The minimum Gasteiger partial charge on any atom is -0.395 e. The molecule has 1 rings (SSSR count). The number of nitrogens with zero attached hydrogens (tertiary/aromatic N) is 1. The summed E-state index contributed by atoms with van der Waals surface area (Å²) >= 11 is 5.70. The fourth-order valence-electron chi connectivity index (χ4n) is 0.645. The Morgan fingerprint density at radius 3 is 3.18 bits per heavy atom. The molecule has 0 aliphatic heterocycles. The van der Waals surface area contributed by atoms with Crippen LogP contribution in [0.25, 0.3) is 0 Å². The zero-order valence-corrected chi connectivity index (χ0v) is 6.60. The molecule has 2 N–H and O–H groups in total. The van der Waals surface area contributed by atoms with Gasteiger partial charge in [-0.1, -0.05) is 11.6 Å². The van der Waals surface area contributed by atoms with Crippen LogP contribution >= 0.6 is 11.6 Å². The van der Waals surface area contributed by atoms with Crippen LogP contribution in [0.3, 0.4) is 0 Å². The number of nitrogens with one attached hydrogen (secondary N) is 1. The Morgan fingerprint density at radius 1 is 1.73 bits per heavy atom. The van der Waals surface area contributed by atoms with Gasteiger partial charge in [0.05, 0.1) is 11.6 Å². The van der Waals surface area contributed by atoms with Crippen molar-refractivity contribution in [1.82, 2.24) is 4.98 Å². The first kappa shape index (κ1) is 8.30. The second-order valence-corrected chi connectivity index (χ2v) is 2.28. The van der Waals surface area contributed by atoms with Crippen LogP contribution in [0.4, 0.5) is 5.82 Å². The number of hydrogen-bond donors (Lipinski definition) is 2. The van der Waals surface area contributed by atoms with E-state index in [1.54, 1.807) is 12.3 Å². The van der Waals surface area contributed by atoms with Gasteiger partial charge in [0.15, 0.2) is 0 Å². The number of pyridine rings is 1. The van der Waals surface area contributed by atoms with Crippen molar-refractivity contribution in [1.29, 1.82) is 0 Å². The molecule has 0 saturated heterocycles.